The first-order valence-electron chi connectivity index (χ1n) is 13.8. The summed E-state index contributed by atoms with van der Waals surface area (Å²) in [6, 6.07) is 3.22. The van der Waals surface area contributed by atoms with E-state index in [9.17, 15) is 58.6 Å². The molecule has 14 nitrogen and oxygen atoms in total. The van der Waals surface area contributed by atoms with Crippen molar-refractivity contribution in [3.63, 3.8) is 0 Å². The van der Waals surface area contributed by atoms with Crippen molar-refractivity contribution in [3.8, 4) is 23.0 Å². The maximum Gasteiger partial charge on any atom is 0.352 e. The van der Waals surface area contributed by atoms with Gasteiger partial charge in [-0.25, -0.2) is 13.6 Å². The molecule has 2 aromatic carbocycles. The quantitative estimate of drug-likeness (QED) is 0.118. The molecule has 1 saturated heterocycles. The number of halogens is 2. The molecule has 0 aliphatic carbocycles. The Kier molecular flexibility index (Phi) is 9.48. The number of amides is 3. The highest BCUT2D eigenvalue weighted by atomic mass is 19.1. The lowest BCUT2D eigenvalue weighted by Crippen LogP contribution is -2.63. The zero-order valence-electron chi connectivity index (χ0n) is 24.1. The maximum atomic E-state index is 14.3. The monoisotopic (exact) mass is 634 g/mol. The first-order chi connectivity index (χ1) is 21.2. The summed E-state index contributed by atoms with van der Waals surface area (Å²) in [5.41, 5.74) is -0.979. The molecule has 8 N–H and O–H groups in total. The fourth-order valence-electron chi connectivity index (χ4n) is 5.67. The third-order valence-electron chi connectivity index (χ3n) is 8.02. The molecule has 2 unspecified atom stereocenters. The van der Waals surface area contributed by atoms with Gasteiger partial charge >= 0.3 is 5.97 Å². The number of carbonyl (C=O) groups is 4. The van der Waals surface area contributed by atoms with Crippen LogP contribution in [0, 0.1) is 23.5 Å². The molecule has 0 bridgehead atoms. The smallest absolute Gasteiger partial charge is 0.352 e. The molecule has 16 heteroatoms. The summed E-state index contributed by atoms with van der Waals surface area (Å²) in [5, 5.41) is 63.0. The Bertz CT molecular complexity index is 1510. The van der Waals surface area contributed by atoms with Crippen molar-refractivity contribution >= 4 is 23.7 Å². The molecular formula is C29H32F2N4O10. The van der Waals surface area contributed by atoms with E-state index in [0.29, 0.717) is 5.57 Å². The van der Waals surface area contributed by atoms with Crippen LogP contribution in [0.5, 0.6) is 23.0 Å². The lowest BCUT2D eigenvalue weighted by atomic mass is 9.77. The molecule has 0 saturated carbocycles. The van der Waals surface area contributed by atoms with E-state index in [-0.39, 0.29) is 38.4 Å². The molecule has 3 amide bonds. The van der Waals surface area contributed by atoms with Gasteiger partial charge in [-0.3, -0.25) is 19.3 Å². The predicted octanol–water partition coefficient (Wildman–Crippen LogP) is 0.445. The third kappa shape index (κ3) is 6.19. The minimum Gasteiger partial charge on any atom is -0.504 e. The summed E-state index contributed by atoms with van der Waals surface area (Å²) in [7, 11) is 0. The Morgan fingerprint density at radius 1 is 0.911 bits per heavy atom. The molecule has 0 radical (unpaired) electrons. The number of phenols is 4. The molecule has 2 aliphatic heterocycles. The van der Waals surface area contributed by atoms with Crippen LogP contribution in [0.25, 0.3) is 0 Å². The molecule has 2 heterocycles. The third-order valence-corrected chi connectivity index (χ3v) is 8.02. The van der Waals surface area contributed by atoms with E-state index in [1.54, 1.807) is 11.8 Å². The van der Waals surface area contributed by atoms with Crippen LogP contribution in [0.1, 0.15) is 34.6 Å². The SMILES string of the molecule is CC(O)C1C(=O)N2C(C(=O)O)=C(CN(CCNC(=O)c3ccc(O)c(O)c3F)CCNC(=O)c3ccc(O)c(O)c3F)[C@H](C)[C@H]12. The number of carboxylic acid groups (broad SMARTS) is 1. The molecule has 1 fully saturated rings. The number of aromatic hydroxyl groups is 4. The van der Waals surface area contributed by atoms with Gasteiger partial charge in [0.1, 0.15) is 5.70 Å². The normalized spacial score (nSPS) is 19.7. The van der Waals surface area contributed by atoms with Crippen LogP contribution in [0.4, 0.5) is 8.78 Å². The van der Waals surface area contributed by atoms with Gasteiger partial charge in [-0.1, -0.05) is 6.92 Å². The predicted molar refractivity (Wildman–Crippen MR) is 150 cm³/mol. The number of β-lactam (4-membered cyclic amide) rings is 1. The standard InChI is InChI=1S/C29H32F2N4O10/c1-12-16(23(29(44)45)35-22(12)19(13(2)36)28(35)43)11-34(9-7-32-26(41)14-3-5-17(37)24(39)20(14)30)10-8-33-27(42)15-4-6-18(38)25(40)21(15)31/h3-6,12-13,19,22,36-40H,7-11H2,1-2H3,(H,32,41)(H,33,42)(H,44,45)/t12-,13?,19?,22+/m0/s1. The number of aliphatic hydroxyl groups is 1. The summed E-state index contributed by atoms with van der Waals surface area (Å²) in [6.07, 6.45) is -1.02. The van der Waals surface area contributed by atoms with Crippen LogP contribution >= 0.6 is 0 Å². The number of fused-ring (bicyclic) bond motifs is 1. The number of hydrogen-bond donors (Lipinski definition) is 8. The van der Waals surface area contributed by atoms with Crippen LogP contribution < -0.4 is 10.6 Å². The summed E-state index contributed by atoms with van der Waals surface area (Å²) >= 11 is 0. The number of carbonyl (C=O) groups excluding carboxylic acids is 3. The molecule has 0 aromatic heterocycles. The van der Waals surface area contributed by atoms with E-state index in [0.717, 1.165) is 29.2 Å². The number of carboxylic acids is 1. The number of aliphatic hydroxyl groups excluding tert-OH is 1. The largest absolute Gasteiger partial charge is 0.504 e. The van der Waals surface area contributed by atoms with E-state index < -0.39 is 93.4 Å². The highest BCUT2D eigenvalue weighted by molar-refractivity contribution is 6.00. The topological polar surface area (TPSA) is 220 Å². The Morgan fingerprint density at radius 3 is 1.80 bits per heavy atom. The van der Waals surface area contributed by atoms with Crippen molar-refractivity contribution in [2.24, 2.45) is 11.8 Å². The number of phenolic OH excluding ortho intramolecular Hbond substituents is 4. The lowest BCUT2D eigenvalue weighted by molar-refractivity contribution is -0.163. The average molecular weight is 635 g/mol. The van der Waals surface area contributed by atoms with Gasteiger partial charge in [0.05, 0.1) is 29.2 Å². The summed E-state index contributed by atoms with van der Waals surface area (Å²) < 4.78 is 28.6. The zero-order valence-corrected chi connectivity index (χ0v) is 24.1. The van der Waals surface area contributed by atoms with E-state index >= 15 is 0 Å². The first-order valence-corrected chi connectivity index (χ1v) is 13.8. The highest BCUT2D eigenvalue weighted by Gasteiger charge is 2.59. The van der Waals surface area contributed by atoms with E-state index in [2.05, 4.69) is 10.6 Å². The van der Waals surface area contributed by atoms with E-state index in [1.165, 1.54) is 6.92 Å². The number of benzene rings is 2. The fourth-order valence-corrected chi connectivity index (χ4v) is 5.67. The van der Waals surface area contributed by atoms with Crippen molar-refractivity contribution < 1.29 is 58.6 Å². The molecular weight excluding hydrogens is 602 g/mol. The molecule has 242 valence electrons. The Morgan fingerprint density at radius 2 is 1.38 bits per heavy atom. The van der Waals surface area contributed by atoms with Gasteiger partial charge < -0.3 is 46.2 Å². The number of hydrogen-bond acceptors (Lipinski definition) is 10. The minimum absolute atomic E-state index is 0.00319. The van der Waals surface area contributed by atoms with Gasteiger partial charge in [0, 0.05) is 38.6 Å². The van der Waals surface area contributed by atoms with Crippen LogP contribution in [0.15, 0.2) is 35.5 Å². The second-order valence-corrected chi connectivity index (χ2v) is 10.8. The van der Waals surface area contributed by atoms with Crippen LogP contribution in [0.2, 0.25) is 0 Å². The lowest BCUT2D eigenvalue weighted by Gasteiger charge is -2.46. The zero-order chi connectivity index (χ0) is 33.3. The second-order valence-electron chi connectivity index (χ2n) is 10.8. The summed E-state index contributed by atoms with van der Waals surface area (Å²) in [4.78, 5) is 52.9. The first kappa shape index (κ1) is 32.9. The van der Waals surface area contributed by atoms with Gasteiger partial charge in [-0.05, 0) is 36.8 Å². The Hall–Kier alpha value is -4.96. The van der Waals surface area contributed by atoms with Crippen molar-refractivity contribution in [1.29, 1.82) is 0 Å². The molecule has 4 atom stereocenters. The maximum absolute atomic E-state index is 14.3. The summed E-state index contributed by atoms with van der Waals surface area (Å²) in [6.45, 7) is 2.82. The average Bonchev–Trinajstić information content (AvgIpc) is 3.21. The molecule has 4 rings (SSSR count). The number of nitrogens with one attached hydrogen (secondary N) is 2. The van der Waals surface area contributed by atoms with Crippen molar-refractivity contribution in [3.05, 3.63) is 58.3 Å². The van der Waals surface area contributed by atoms with Gasteiger partial charge in [-0.15, -0.1) is 0 Å². The fraction of sp³-hybridized carbons (Fsp3) is 0.379. The molecule has 0 spiro atoms. The Balaban J connectivity index is 1.51. The van der Waals surface area contributed by atoms with E-state index in [4.69, 9.17) is 0 Å². The second kappa shape index (κ2) is 13.0. The Labute approximate surface area is 254 Å². The number of aliphatic carboxylic acids is 1. The van der Waals surface area contributed by atoms with Crippen LogP contribution in [-0.4, -0.2) is 109 Å². The number of rotatable bonds is 12. The van der Waals surface area contributed by atoms with Crippen molar-refractivity contribution in [1.82, 2.24) is 20.4 Å². The molecule has 45 heavy (non-hydrogen) atoms. The van der Waals surface area contributed by atoms with Crippen LogP contribution in [0.3, 0.4) is 0 Å². The van der Waals surface area contributed by atoms with E-state index in [1.807, 2.05) is 0 Å². The molecule has 2 aliphatic rings. The van der Waals surface area contributed by atoms with Crippen molar-refractivity contribution in [2.45, 2.75) is 26.0 Å². The minimum atomic E-state index is -1.36. The van der Waals surface area contributed by atoms with Gasteiger partial charge in [0.15, 0.2) is 34.6 Å². The van der Waals surface area contributed by atoms with Gasteiger partial charge in [0.25, 0.3) is 11.8 Å². The van der Waals surface area contributed by atoms with Crippen LogP contribution in [-0.2, 0) is 9.59 Å². The summed E-state index contributed by atoms with van der Waals surface area (Å²) in [5.74, 6) is -11.4. The number of nitrogens with zero attached hydrogens (tertiary/aromatic N) is 2. The van der Waals surface area contributed by atoms with Crippen molar-refractivity contribution in [2.75, 3.05) is 32.7 Å². The highest BCUT2D eigenvalue weighted by Crippen LogP contribution is 2.47. The van der Waals surface area contributed by atoms with Gasteiger partial charge in [-0.2, -0.15) is 0 Å². The molecule has 2 aromatic rings. The van der Waals surface area contributed by atoms with Gasteiger partial charge in [0.2, 0.25) is 5.91 Å².